The molecule has 0 radical (unpaired) electrons. The summed E-state index contributed by atoms with van der Waals surface area (Å²) in [7, 11) is 0. The van der Waals surface area contributed by atoms with Crippen LogP contribution in [0, 0.1) is 5.92 Å². The van der Waals surface area contributed by atoms with Gasteiger partial charge in [0.15, 0.2) is 0 Å². The number of piperidine rings is 1. The number of anilines is 1. The molecule has 24 heavy (non-hydrogen) atoms. The van der Waals surface area contributed by atoms with Gasteiger partial charge in [0.1, 0.15) is 6.33 Å². The molecule has 2 N–H and O–H groups in total. The molecule has 1 atom stereocenters. The van der Waals surface area contributed by atoms with E-state index < -0.39 is 0 Å². The molecule has 1 unspecified atom stereocenters. The minimum absolute atomic E-state index is 0.0658. The Morgan fingerprint density at radius 1 is 1.17 bits per heavy atom. The molecule has 2 heterocycles. The van der Waals surface area contributed by atoms with Crippen LogP contribution in [0.25, 0.3) is 16.7 Å². The van der Waals surface area contributed by atoms with E-state index in [-0.39, 0.29) is 11.8 Å². The second kappa shape index (κ2) is 6.45. The molecule has 5 nitrogen and oxygen atoms in total. The predicted molar refractivity (Wildman–Crippen MR) is 95.3 cm³/mol. The van der Waals surface area contributed by atoms with Gasteiger partial charge in [-0.3, -0.25) is 9.36 Å². The highest BCUT2D eigenvalue weighted by molar-refractivity contribution is 5.92. The maximum atomic E-state index is 12.3. The fraction of sp³-hybridized carbons (Fsp3) is 0.263. The van der Waals surface area contributed by atoms with Crippen LogP contribution in [0.2, 0.25) is 0 Å². The molecule has 1 aliphatic rings. The van der Waals surface area contributed by atoms with Crippen molar-refractivity contribution in [2.45, 2.75) is 12.8 Å². The molecule has 1 aromatic heterocycles. The lowest BCUT2D eigenvalue weighted by molar-refractivity contribution is -0.120. The molecule has 0 bridgehead atoms. The second-order valence-electron chi connectivity index (χ2n) is 6.18. The van der Waals surface area contributed by atoms with Gasteiger partial charge in [-0.25, -0.2) is 4.98 Å². The number of nitrogens with one attached hydrogen (secondary N) is 2. The van der Waals surface area contributed by atoms with Crippen molar-refractivity contribution in [1.82, 2.24) is 14.9 Å². The summed E-state index contributed by atoms with van der Waals surface area (Å²) in [5.74, 6) is 0.166. The molecule has 2 aromatic carbocycles. The summed E-state index contributed by atoms with van der Waals surface area (Å²) in [6, 6.07) is 15.9. The fourth-order valence-electron chi connectivity index (χ4n) is 3.19. The standard InChI is InChI=1S/C19H20N4O/c24-19(14-4-3-11-20-12-14)22-15-7-9-16(10-8-15)23-13-21-17-5-1-2-6-18(17)23/h1-2,5-10,13-14,20H,3-4,11-12H2,(H,22,24). The Morgan fingerprint density at radius 2 is 2.00 bits per heavy atom. The number of carbonyl (C=O) groups is 1. The van der Waals surface area contributed by atoms with E-state index in [1.54, 1.807) is 0 Å². The summed E-state index contributed by atoms with van der Waals surface area (Å²) in [4.78, 5) is 16.7. The molecule has 1 amide bonds. The van der Waals surface area contributed by atoms with Crippen molar-refractivity contribution in [3.63, 3.8) is 0 Å². The van der Waals surface area contributed by atoms with Crippen molar-refractivity contribution < 1.29 is 4.79 Å². The third-order valence-electron chi connectivity index (χ3n) is 4.53. The van der Waals surface area contributed by atoms with Crippen LogP contribution < -0.4 is 10.6 Å². The van der Waals surface area contributed by atoms with Gasteiger partial charge in [-0.1, -0.05) is 12.1 Å². The number of para-hydroxylation sites is 2. The van der Waals surface area contributed by atoms with E-state index in [0.717, 1.165) is 48.3 Å². The molecule has 3 aromatic rings. The van der Waals surface area contributed by atoms with E-state index in [1.807, 2.05) is 59.4 Å². The van der Waals surface area contributed by atoms with Crippen LogP contribution in [0.1, 0.15) is 12.8 Å². The zero-order chi connectivity index (χ0) is 16.4. The minimum atomic E-state index is 0.0658. The number of rotatable bonds is 3. The van der Waals surface area contributed by atoms with Gasteiger partial charge in [0, 0.05) is 17.9 Å². The third-order valence-corrected chi connectivity index (χ3v) is 4.53. The number of aromatic nitrogens is 2. The van der Waals surface area contributed by atoms with Gasteiger partial charge in [0.2, 0.25) is 5.91 Å². The summed E-state index contributed by atoms with van der Waals surface area (Å²) >= 11 is 0. The van der Waals surface area contributed by atoms with Crippen LogP contribution in [-0.2, 0) is 4.79 Å². The highest BCUT2D eigenvalue weighted by Gasteiger charge is 2.20. The zero-order valence-electron chi connectivity index (χ0n) is 13.4. The average Bonchev–Trinajstić information content (AvgIpc) is 3.07. The summed E-state index contributed by atoms with van der Waals surface area (Å²) < 4.78 is 2.05. The van der Waals surface area contributed by atoms with Crippen molar-refractivity contribution >= 4 is 22.6 Å². The monoisotopic (exact) mass is 320 g/mol. The fourth-order valence-corrected chi connectivity index (χ4v) is 3.19. The molecule has 1 saturated heterocycles. The molecule has 122 valence electrons. The molecule has 0 aliphatic carbocycles. The van der Waals surface area contributed by atoms with Gasteiger partial charge in [0.25, 0.3) is 0 Å². The van der Waals surface area contributed by atoms with Gasteiger partial charge in [-0.05, 0) is 55.8 Å². The van der Waals surface area contributed by atoms with E-state index in [9.17, 15) is 4.79 Å². The molecular weight excluding hydrogens is 300 g/mol. The summed E-state index contributed by atoms with van der Waals surface area (Å²) in [6.45, 7) is 1.78. The zero-order valence-corrected chi connectivity index (χ0v) is 13.4. The summed E-state index contributed by atoms with van der Waals surface area (Å²) in [5.41, 5.74) is 3.90. The second-order valence-corrected chi connectivity index (χ2v) is 6.18. The Bertz CT molecular complexity index is 847. The molecule has 4 rings (SSSR count). The first-order valence-electron chi connectivity index (χ1n) is 8.35. The first-order chi connectivity index (χ1) is 11.8. The number of carbonyl (C=O) groups excluding carboxylic acids is 1. The van der Waals surface area contributed by atoms with E-state index in [4.69, 9.17) is 0 Å². The maximum Gasteiger partial charge on any atom is 0.228 e. The SMILES string of the molecule is O=C(Nc1ccc(-n2cnc3ccccc32)cc1)C1CCCNC1. The van der Waals surface area contributed by atoms with Gasteiger partial charge in [-0.15, -0.1) is 0 Å². The number of hydrogen-bond donors (Lipinski definition) is 2. The molecule has 1 aliphatic heterocycles. The lowest BCUT2D eigenvalue weighted by Gasteiger charge is -2.21. The number of fused-ring (bicyclic) bond motifs is 1. The van der Waals surface area contributed by atoms with Gasteiger partial charge in [-0.2, -0.15) is 0 Å². The van der Waals surface area contributed by atoms with E-state index in [0.29, 0.717) is 0 Å². The summed E-state index contributed by atoms with van der Waals surface area (Å²) in [6.07, 6.45) is 3.84. The molecular formula is C19H20N4O. The molecule has 1 fully saturated rings. The molecule has 0 spiro atoms. The number of benzene rings is 2. The van der Waals surface area contributed by atoms with E-state index >= 15 is 0 Å². The van der Waals surface area contributed by atoms with Crippen LogP contribution in [-0.4, -0.2) is 28.5 Å². The van der Waals surface area contributed by atoms with Gasteiger partial charge >= 0.3 is 0 Å². The maximum absolute atomic E-state index is 12.3. The Kier molecular flexibility index (Phi) is 4.01. The Labute approximate surface area is 140 Å². The van der Waals surface area contributed by atoms with Crippen LogP contribution in [0.15, 0.2) is 54.9 Å². The smallest absolute Gasteiger partial charge is 0.228 e. The van der Waals surface area contributed by atoms with E-state index in [1.165, 1.54) is 0 Å². The number of amides is 1. The van der Waals surface area contributed by atoms with Gasteiger partial charge < -0.3 is 10.6 Å². The minimum Gasteiger partial charge on any atom is -0.326 e. The van der Waals surface area contributed by atoms with Crippen molar-refractivity contribution in [1.29, 1.82) is 0 Å². The molecule has 5 heteroatoms. The largest absolute Gasteiger partial charge is 0.326 e. The van der Waals surface area contributed by atoms with Crippen molar-refractivity contribution in [3.8, 4) is 5.69 Å². The van der Waals surface area contributed by atoms with Crippen LogP contribution in [0.5, 0.6) is 0 Å². The van der Waals surface area contributed by atoms with Crippen LogP contribution >= 0.6 is 0 Å². The van der Waals surface area contributed by atoms with Crippen LogP contribution in [0.3, 0.4) is 0 Å². The Morgan fingerprint density at radius 3 is 2.79 bits per heavy atom. The lowest BCUT2D eigenvalue weighted by Crippen LogP contribution is -2.37. The van der Waals surface area contributed by atoms with Gasteiger partial charge in [0.05, 0.1) is 17.0 Å². The highest BCUT2D eigenvalue weighted by atomic mass is 16.1. The first kappa shape index (κ1) is 14.9. The summed E-state index contributed by atoms with van der Waals surface area (Å²) in [5, 5.41) is 6.29. The Hall–Kier alpha value is -2.66. The first-order valence-corrected chi connectivity index (χ1v) is 8.35. The Balaban J connectivity index is 1.51. The number of nitrogens with zero attached hydrogens (tertiary/aromatic N) is 2. The predicted octanol–water partition coefficient (Wildman–Crippen LogP) is 2.96. The quantitative estimate of drug-likeness (QED) is 0.780. The average molecular weight is 320 g/mol. The normalized spacial score (nSPS) is 17.8. The number of imidazole rings is 1. The van der Waals surface area contributed by atoms with Crippen molar-refractivity contribution in [2.75, 3.05) is 18.4 Å². The van der Waals surface area contributed by atoms with Crippen LogP contribution in [0.4, 0.5) is 5.69 Å². The van der Waals surface area contributed by atoms with Crippen molar-refractivity contribution in [3.05, 3.63) is 54.9 Å². The highest BCUT2D eigenvalue weighted by Crippen LogP contribution is 2.20. The topological polar surface area (TPSA) is 59.0 Å². The third kappa shape index (κ3) is 2.90. The van der Waals surface area contributed by atoms with E-state index in [2.05, 4.69) is 15.6 Å². The van der Waals surface area contributed by atoms with Crippen molar-refractivity contribution in [2.24, 2.45) is 5.92 Å². The molecule has 0 saturated carbocycles. The number of hydrogen-bond acceptors (Lipinski definition) is 3. The lowest BCUT2D eigenvalue weighted by atomic mass is 9.99.